The van der Waals surface area contributed by atoms with Gasteiger partial charge in [0.25, 0.3) is 0 Å². The van der Waals surface area contributed by atoms with Crippen molar-refractivity contribution < 1.29 is 0 Å². The minimum atomic E-state index is 0.623. The molecular weight excluding hydrogens is 859 g/mol. The van der Waals surface area contributed by atoms with Crippen LogP contribution in [0.25, 0.3) is 132 Å². The number of benzene rings is 10. The fourth-order valence-corrected chi connectivity index (χ4v) is 11.6. The van der Waals surface area contributed by atoms with Crippen LogP contribution in [0.4, 0.5) is 0 Å². The molecule has 0 spiro atoms. The number of para-hydroxylation sites is 3. The quantitative estimate of drug-likeness (QED) is 0.160. The van der Waals surface area contributed by atoms with Gasteiger partial charge in [0.2, 0.25) is 0 Å². The summed E-state index contributed by atoms with van der Waals surface area (Å²) in [7, 11) is 0. The van der Waals surface area contributed by atoms with Crippen LogP contribution in [0, 0.1) is 0 Å². The van der Waals surface area contributed by atoms with E-state index in [0.29, 0.717) is 17.5 Å². The summed E-state index contributed by atoms with van der Waals surface area (Å²) in [5.41, 5.74) is 14.4. The zero-order valence-corrected chi connectivity index (χ0v) is 38.0. The molecule has 0 unspecified atom stereocenters. The van der Waals surface area contributed by atoms with E-state index < -0.39 is 0 Å². The Kier molecular flexibility index (Phi) is 9.00. The average Bonchev–Trinajstić information content (AvgIpc) is 4.09. The van der Waals surface area contributed by atoms with Crippen LogP contribution in [-0.2, 0) is 0 Å². The van der Waals surface area contributed by atoms with Gasteiger partial charge in [-0.05, 0) is 76.9 Å². The van der Waals surface area contributed by atoms with E-state index in [2.05, 4.69) is 228 Å². The summed E-state index contributed by atoms with van der Waals surface area (Å²) in [5, 5.41) is 7.24. The third-order valence-corrected chi connectivity index (χ3v) is 14.8. The number of aromatic nitrogens is 5. The average molecular weight is 898 g/mol. The van der Waals surface area contributed by atoms with Crippen molar-refractivity contribution in [1.29, 1.82) is 0 Å². The lowest BCUT2D eigenvalue weighted by Crippen LogP contribution is -2.00. The van der Waals surface area contributed by atoms with Crippen LogP contribution in [0.2, 0.25) is 0 Å². The first-order valence-electron chi connectivity index (χ1n) is 23.3. The molecule has 0 fully saturated rings. The lowest BCUT2D eigenvalue weighted by atomic mass is 9.98. The monoisotopic (exact) mass is 897 g/mol. The highest BCUT2D eigenvalue weighted by atomic mass is 32.1. The summed E-state index contributed by atoms with van der Waals surface area (Å²) in [4.78, 5) is 15.8. The van der Waals surface area contributed by atoms with Gasteiger partial charge < -0.3 is 9.13 Å². The minimum absolute atomic E-state index is 0.623. The highest BCUT2D eigenvalue weighted by molar-refractivity contribution is 7.26. The maximum absolute atomic E-state index is 5.34. The van der Waals surface area contributed by atoms with Gasteiger partial charge in [0.1, 0.15) is 0 Å². The minimum Gasteiger partial charge on any atom is -0.309 e. The fraction of sp³-hybridized carbons (Fsp3) is 0. The third kappa shape index (κ3) is 6.41. The number of hydrogen-bond acceptors (Lipinski definition) is 4. The molecule has 0 saturated heterocycles. The van der Waals surface area contributed by atoms with Crippen molar-refractivity contribution in [3.8, 4) is 67.8 Å². The van der Waals surface area contributed by atoms with Crippen LogP contribution in [0.1, 0.15) is 0 Å². The first-order chi connectivity index (χ1) is 34.2. The van der Waals surface area contributed by atoms with Gasteiger partial charge in [0.05, 0.1) is 26.8 Å². The van der Waals surface area contributed by atoms with E-state index in [4.69, 9.17) is 15.0 Å². The van der Waals surface area contributed by atoms with E-state index in [9.17, 15) is 0 Å². The summed E-state index contributed by atoms with van der Waals surface area (Å²) in [6.07, 6.45) is 0. The normalized spacial score (nSPS) is 11.8. The van der Waals surface area contributed by atoms with Crippen LogP contribution < -0.4 is 0 Å². The molecule has 14 rings (SSSR count). The molecular formula is C63H39N5S. The summed E-state index contributed by atoms with van der Waals surface area (Å²) >= 11 is 1.86. The van der Waals surface area contributed by atoms with Crippen LogP contribution in [0.15, 0.2) is 237 Å². The predicted octanol–water partition coefficient (Wildman–Crippen LogP) is 16.8. The van der Waals surface area contributed by atoms with E-state index in [1.807, 2.05) is 29.5 Å². The van der Waals surface area contributed by atoms with Gasteiger partial charge in [0, 0.05) is 65.1 Å². The molecule has 0 radical (unpaired) electrons. The topological polar surface area (TPSA) is 48.5 Å². The van der Waals surface area contributed by atoms with Crippen LogP contribution in [0.3, 0.4) is 0 Å². The molecule has 0 N–H and O–H groups in total. The Morgan fingerprint density at radius 2 is 0.826 bits per heavy atom. The summed E-state index contributed by atoms with van der Waals surface area (Å²) in [5.74, 6) is 1.88. The van der Waals surface area contributed by atoms with Gasteiger partial charge in [-0.3, -0.25) is 0 Å². The van der Waals surface area contributed by atoms with Gasteiger partial charge in [0.15, 0.2) is 17.5 Å². The number of rotatable bonds is 7. The Bertz CT molecular complexity index is 4230. The summed E-state index contributed by atoms with van der Waals surface area (Å²) < 4.78 is 7.33. The molecule has 0 amide bonds. The largest absolute Gasteiger partial charge is 0.309 e. The Morgan fingerprint density at radius 1 is 0.304 bits per heavy atom. The standard InChI is InChI=1S/C63H39N5S/c1-4-16-40(17-5-1)44-20-14-21-45(38-44)41-30-32-43(33-31-41)62-64-61(42-18-6-2-7-19-42)65-63(66-62)52-26-15-29-56-58(52)51-36-35-50-53-39-47(67-54-27-12-10-24-48(54)49-25-11-13-28-55(49)67)34-37-57(53)69-60(50)59(51)68(56)46-22-8-3-9-23-46/h1-39H. The van der Waals surface area contributed by atoms with Crippen molar-refractivity contribution >= 4 is 75.1 Å². The molecule has 5 nitrogen and oxygen atoms in total. The van der Waals surface area contributed by atoms with Gasteiger partial charge in [-0.2, -0.15) is 0 Å². The van der Waals surface area contributed by atoms with Gasteiger partial charge in [-0.1, -0.05) is 182 Å². The van der Waals surface area contributed by atoms with Crippen molar-refractivity contribution in [1.82, 2.24) is 24.1 Å². The van der Waals surface area contributed by atoms with Gasteiger partial charge in [-0.25, -0.2) is 15.0 Å². The van der Waals surface area contributed by atoms with Crippen LogP contribution >= 0.6 is 11.3 Å². The van der Waals surface area contributed by atoms with Crippen molar-refractivity contribution in [2.24, 2.45) is 0 Å². The second kappa shape index (κ2) is 15.8. The molecule has 6 heteroatoms. The Hall–Kier alpha value is -8.97. The molecule has 10 aromatic carbocycles. The highest BCUT2D eigenvalue weighted by Gasteiger charge is 2.23. The van der Waals surface area contributed by atoms with E-state index in [0.717, 1.165) is 55.5 Å². The van der Waals surface area contributed by atoms with Crippen molar-refractivity contribution in [2.75, 3.05) is 0 Å². The molecule has 4 heterocycles. The summed E-state index contributed by atoms with van der Waals surface area (Å²) in [6, 6.07) is 84.4. The Morgan fingerprint density at radius 3 is 1.52 bits per heavy atom. The molecule has 69 heavy (non-hydrogen) atoms. The molecule has 0 aliphatic carbocycles. The van der Waals surface area contributed by atoms with Crippen molar-refractivity contribution in [3.63, 3.8) is 0 Å². The summed E-state index contributed by atoms with van der Waals surface area (Å²) in [6.45, 7) is 0. The van der Waals surface area contributed by atoms with Crippen LogP contribution in [-0.4, -0.2) is 24.1 Å². The smallest absolute Gasteiger partial charge is 0.164 e. The molecule has 0 aliphatic rings. The molecule has 0 bridgehead atoms. The van der Waals surface area contributed by atoms with Crippen LogP contribution in [0.5, 0.6) is 0 Å². The maximum atomic E-state index is 5.34. The predicted molar refractivity (Wildman–Crippen MR) is 289 cm³/mol. The fourth-order valence-electron chi connectivity index (χ4n) is 10.4. The number of nitrogens with zero attached hydrogens (tertiary/aromatic N) is 5. The number of thiophene rings is 1. The first-order valence-corrected chi connectivity index (χ1v) is 24.1. The van der Waals surface area contributed by atoms with E-state index in [1.165, 1.54) is 58.6 Å². The van der Waals surface area contributed by atoms with Crippen molar-refractivity contribution in [2.45, 2.75) is 0 Å². The van der Waals surface area contributed by atoms with E-state index >= 15 is 0 Å². The lowest BCUT2D eigenvalue weighted by molar-refractivity contribution is 1.08. The molecule has 322 valence electrons. The second-order valence-corrected chi connectivity index (χ2v) is 18.6. The molecule has 0 saturated carbocycles. The SMILES string of the molecule is c1ccc(-c2cccc(-c3ccc(-c4nc(-c5ccccc5)nc(-c5cccc6c5c5ccc7c8cc(-n9c%10ccccc%10c%10ccccc%109)ccc8sc7c5n6-c5ccccc5)n4)cc3)c2)cc1. The van der Waals surface area contributed by atoms with Gasteiger partial charge >= 0.3 is 0 Å². The highest BCUT2D eigenvalue weighted by Crippen LogP contribution is 2.46. The second-order valence-electron chi connectivity index (χ2n) is 17.6. The first kappa shape index (κ1) is 39.2. The third-order valence-electron chi connectivity index (χ3n) is 13.6. The lowest BCUT2D eigenvalue weighted by Gasteiger charge is -2.11. The number of fused-ring (bicyclic) bond motifs is 10. The number of hydrogen-bond donors (Lipinski definition) is 0. The Balaban J connectivity index is 0.957. The van der Waals surface area contributed by atoms with Crippen molar-refractivity contribution in [3.05, 3.63) is 237 Å². The molecule has 0 atom stereocenters. The maximum Gasteiger partial charge on any atom is 0.164 e. The molecule has 0 aliphatic heterocycles. The zero-order chi connectivity index (χ0) is 45.4. The van der Waals surface area contributed by atoms with Gasteiger partial charge in [-0.15, -0.1) is 11.3 Å². The van der Waals surface area contributed by atoms with E-state index in [1.54, 1.807) is 0 Å². The van der Waals surface area contributed by atoms with E-state index in [-0.39, 0.29) is 0 Å². The molecule has 4 aromatic heterocycles. The Labute approximate surface area is 401 Å². The molecule has 14 aromatic rings. The zero-order valence-electron chi connectivity index (χ0n) is 37.2.